The highest BCUT2D eigenvalue weighted by molar-refractivity contribution is 5.85. The van der Waals surface area contributed by atoms with Gasteiger partial charge in [-0.3, -0.25) is 4.79 Å². The van der Waals surface area contributed by atoms with Crippen molar-refractivity contribution < 1.29 is 4.79 Å². The van der Waals surface area contributed by atoms with E-state index in [-0.39, 0.29) is 5.78 Å². The third-order valence-corrected chi connectivity index (χ3v) is 3.15. The molecule has 1 rings (SSSR count). The summed E-state index contributed by atoms with van der Waals surface area (Å²) in [6.45, 7) is 4.24. The second kappa shape index (κ2) is 6.44. The fraction of sp³-hybridized carbons (Fsp3) is 0.500. The Kier molecular flexibility index (Phi) is 5.20. The Bertz CT molecular complexity index is 317. The minimum Gasteiger partial charge on any atom is -0.318 e. The molecule has 0 aliphatic heterocycles. The molecule has 1 aromatic carbocycles. The Hall–Kier alpha value is -1.15. The highest BCUT2D eigenvalue weighted by Crippen LogP contribution is 2.19. The van der Waals surface area contributed by atoms with Crippen molar-refractivity contribution in [3.63, 3.8) is 0 Å². The van der Waals surface area contributed by atoms with Crippen LogP contribution in [0.4, 0.5) is 0 Å². The van der Waals surface area contributed by atoms with Gasteiger partial charge in [-0.2, -0.15) is 0 Å². The minimum atomic E-state index is -0.457. The van der Waals surface area contributed by atoms with Gasteiger partial charge in [0.25, 0.3) is 0 Å². The van der Waals surface area contributed by atoms with Crippen molar-refractivity contribution in [3.05, 3.63) is 35.9 Å². The zero-order valence-electron chi connectivity index (χ0n) is 10.1. The zero-order valence-corrected chi connectivity index (χ0v) is 10.1. The standard InChI is InChI=1S/C14H21NO/c1-3-11(4-2)10-13(16)14(15)12-8-6-5-7-9-12/h5-9,11,14H,3-4,10,15H2,1-2H3. The second-order valence-corrected chi connectivity index (χ2v) is 4.24. The molecular weight excluding hydrogens is 198 g/mol. The highest BCUT2D eigenvalue weighted by atomic mass is 16.1. The predicted octanol–water partition coefficient (Wildman–Crippen LogP) is 3.08. The van der Waals surface area contributed by atoms with Crippen LogP contribution in [0.3, 0.4) is 0 Å². The fourth-order valence-corrected chi connectivity index (χ4v) is 1.84. The van der Waals surface area contributed by atoms with E-state index in [4.69, 9.17) is 5.73 Å². The van der Waals surface area contributed by atoms with Gasteiger partial charge < -0.3 is 5.73 Å². The molecule has 1 unspecified atom stereocenters. The summed E-state index contributed by atoms with van der Waals surface area (Å²) < 4.78 is 0. The third-order valence-electron chi connectivity index (χ3n) is 3.15. The first-order chi connectivity index (χ1) is 7.69. The number of ketones is 1. The lowest BCUT2D eigenvalue weighted by atomic mass is 9.92. The zero-order chi connectivity index (χ0) is 12.0. The van der Waals surface area contributed by atoms with Crippen LogP contribution >= 0.6 is 0 Å². The average molecular weight is 219 g/mol. The lowest BCUT2D eigenvalue weighted by molar-refractivity contribution is -0.121. The summed E-state index contributed by atoms with van der Waals surface area (Å²) in [6.07, 6.45) is 2.69. The van der Waals surface area contributed by atoms with E-state index in [2.05, 4.69) is 13.8 Å². The molecule has 0 aliphatic rings. The van der Waals surface area contributed by atoms with Gasteiger partial charge in [0.1, 0.15) is 0 Å². The van der Waals surface area contributed by atoms with Crippen LogP contribution in [0.25, 0.3) is 0 Å². The van der Waals surface area contributed by atoms with Gasteiger partial charge in [0.2, 0.25) is 0 Å². The Balaban J connectivity index is 2.61. The molecule has 0 saturated heterocycles. The minimum absolute atomic E-state index is 0.153. The maximum atomic E-state index is 11.9. The van der Waals surface area contributed by atoms with Crippen molar-refractivity contribution in [1.82, 2.24) is 0 Å². The van der Waals surface area contributed by atoms with E-state index in [1.165, 1.54) is 0 Å². The van der Waals surface area contributed by atoms with E-state index < -0.39 is 6.04 Å². The van der Waals surface area contributed by atoms with Crippen LogP contribution in [-0.4, -0.2) is 5.78 Å². The number of rotatable bonds is 6. The van der Waals surface area contributed by atoms with Crippen LogP contribution in [0, 0.1) is 5.92 Å². The average Bonchev–Trinajstić information content (AvgIpc) is 2.35. The molecule has 0 aromatic heterocycles. The van der Waals surface area contributed by atoms with Gasteiger partial charge >= 0.3 is 0 Å². The molecule has 16 heavy (non-hydrogen) atoms. The molecule has 0 radical (unpaired) electrons. The molecule has 0 fully saturated rings. The Labute approximate surface area is 97.9 Å². The van der Waals surface area contributed by atoms with Gasteiger partial charge in [0.15, 0.2) is 5.78 Å². The largest absolute Gasteiger partial charge is 0.318 e. The van der Waals surface area contributed by atoms with Crippen LogP contribution in [0.2, 0.25) is 0 Å². The number of hydrogen-bond acceptors (Lipinski definition) is 2. The number of Topliss-reactive ketones (excluding diaryl/α,β-unsaturated/α-hetero) is 1. The molecule has 0 amide bonds. The van der Waals surface area contributed by atoms with Gasteiger partial charge in [-0.1, -0.05) is 57.0 Å². The number of hydrogen-bond donors (Lipinski definition) is 1. The van der Waals surface area contributed by atoms with E-state index in [9.17, 15) is 4.79 Å². The summed E-state index contributed by atoms with van der Waals surface area (Å²) in [5.41, 5.74) is 6.86. The number of carbonyl (C=O) groups is 1. The van der Waals surface area contributed by atoms with Gasteiger partial charge in [-0.05, 0) is 11.5 Å². The topological polar surface area (TPSA) is 43.1 Å². The summed E-state index contributed by atoms with van der Waals surface area (Å²) in [6, 6.07) is 9.13. The summed E-state index contributed by atoms with van der Waals surface area (Å²) in [5, 5.41) is 0. The van der Waals surface area contributed by atoms with Crippen molar-refractivity contribution in [1.29, 1.82) is 0 Å². The first kappa shape index (κ1) is 12.9. The Morgan fingerprint density at radius 3 is 2.25 bits per heavy atom. The van der Waals surface area contributed by atoms with Crippen molar-refractivity contribution in [3.8, 4) is 0 Å². The second-order valence-electron chi connectivity index (χ2n) is 4.24. The van der Waals surface area contributed by atoms with Crippen LogP contribution in [0.5, 0.6) is 0 Å². The van der Waals surface area contributed by atoms with E-state index in [1.54, 1.807) is 0 Å². The van der Waals surface area contributed by atoms with E-state index >= 15 is 0 Å². The molecule has 1 atom stereocenters. The number of carbonyl (C=O) groups excluding carboxylic acids is 1. The van der Waals surface area contributed by atoms with Crippen LogP contribution < -0.4 is 5.73 Å². The van der Waals surface area contributed by atoms with Crippen molar-refractivity contribution in [2.75, 3.05) is 0 Å². The SMILES string of the molecule is CCC(CC)CC(=O)C(N)c1ccccc1. The highest BCUT2D eigenvalue weighted by Gasteiger charge is 2.18. The molecule has 88 valence electrons. The predicted molar refractivity (Wildman–Crippen MR) is 67.1 cm³/mol. The third kappa shape index (κ3) is 3.46. The van der Waals surface area contributed by atoms with Crippen molar-refractivity contribution in [2.24, 2.45) is 11.7 Å². The maximum absolute atomic E-state index is 11.9. The van der Waals surface area contributed by atoms with E-state index in [0.717, 1.165) is 18.4 Å². The normalized spacial score (nSPS) is 12.8. The molecule has 0 heterocycles. The number of benzene rings is 1. The van der Waals surface area contributed by atoms with Crippen molar-refractivity contribution >= 4 is 5.78 Å². The van der Waals surface area contributed by atoms with Gasteiger partial charge in [-0.15, -0.1) is 0 Å². The van der Waals surface area contributed by atoms with Gasteiger partial charge in [0.05, 0.1) is 6.04 Å². The molecule has 1 aromatic rings. The lowest BCUT2D eigenvalue weighted by Crippen LogP contribution is -2.23. The fourth-order valence-electron chi connectivity index (χ4n) is 1.84. The monoisotopic (exact) mass is 219 g/mol. The summed E-state index contributed by atoms with van der Waals surface area (Å²) in [7, 11) is 0. The molecule has 2 N–H and O–H groups in total. The Morgan fingerprint density at radius 2 is 1.75 bits per heavy atom. The first-order valence-electron chi connectivity index (χ1n) is 6.02. The molecule has 0 bridgehead atoms. The van der Waals surface area contributed by atoms with Crippen molar-refractivity contribution in [2.45, 2.75) is 39.2 Å². The van der Waals surface area contributed by atoms with Crippen LogP contribution in [0.1, 0.15) is 44.7 Å². The quantitative estimate of drug-likeness (QED) is 0.799. The Morgan fingerprint density at radius 1 is 1.19 bits per heavy atom. The van der Waals surface area contributed by atoms with Gasteiger partial charge in [0, 0.05) is 6.42 Å². The van der Waals surface area contributed by atoms with E-state index in [0.29, 0.717) is 12.3 Å². The lowest BCUT2D eigenvalue weighted by Gasteiger charge is -2.15. The molecule has 0 aliphatic carbocycles. The smallest absolute Gasteiger partial charge is 0.154 e. The molecule has 0 saturated carbocycles. The summed E-state index contributed by atoms with van der Waals surface area (Å²) >= 11 is 0. The molecular formula is C14H21NO. The first-order valence-corrected chi connectivity index (χ1v) is 6.02. The van der Waals surface area contributed by atoms with Crippen LogP contribution in [0.15, 0.2) is 30.3 Å². The number of nitrogens with two attached hydrogens (primary N) is 1. The van der Waals surface area contributed by atoms with Gasteiger partial charge in [-0.25, -0.2) is 0 Å². The van der Waals surface area contributed by atoms with E-state index in [1.807, 2.05) is 30.3 Å². The summed E-state index contributed by atoms with van der Waals surface area (Å²) in [5.74, 6) is 0.627. The molecule has 2 heteroatoms. The molecule has 0 spiro atoms. The van der Waals surface area contributed by atoms with Crippen LogP contribution in [-0.2, 0) is 4.79 Å². The maximum Gasteiger partial charge on any atom is 0.154 e. The molecule has 2 nitrogen and oxygen atoms in total. The summed E-state index contributed by atoms with van der Waals surface area (Å²) in [4.78, 5) is 11.9.